The predicted octanol–water partition coefficient (Wildman–Crippen LogP) is -0.229. The third-order valence-corrected chi connectivity index (χ3v) is 4.87. The third kappa shape index (κ3) is 3.85. The number of aliphatic hydroxyl groups is 2. The maximum absolute atomic E-state index is 12.2. The van der Waals surface area contributed by atoms with E-state index in [0.717, 1.165) is 43.0 Å². The van der Waals surface area contributed by atoms with Gasteiger partial charge in [-0.25, -0.2) is 4.98 Å². The van der Waals surface area contributed by atoms with Gasteiger partial charge in [0.05, 0.1) is 24.9 Å². The van der Waals surface area contributed by atoms with Crippen molar-refractivity contribution in [1.29, 1.82) is 0 Å². The Morgan fingerprint density at radius 3 is 2.60 bits per heavy atom. The van der Waals surface area contributed by atoms with Gasteiger partial charge in [-0.2, -0.15) is 4.98 Å². The molecule has 1 aromatic heterocycles. The standard InChI is InChI=1S/C17H27N5O3/c1-20(2)17-18-14-5-9-22(15(25)6-10-23)11-13(14)16(19-17)21-7-3-12(24)4-8-21/h12,23-24H,3-11H2,1-2H3. The Labute approximate surface area is 148 Å². The molecule has 8 heteroatoms. The molecule has 1 fully saturated rings. The average molecular weight is 349 g/mol. The van der Waals surface area contributed by atoms with Crippen molar-refractivity contribution in [2.45, 2.75) is 38.3 Å². The van der Waals surface area contributed by atoms with Crippen molar-refractivity contribution in [2.24, 2.45) is 0 Å². The summed E-state index contributed by atoms with van der Waals surface area (Å²) >= 11 is 0. The molecule has 0 atom stereocenters. The maximum Gasteiger partial charge on any atom is 0.227 e. The second-order valence-electron chi connectivity index (χ2n) is 6.92. The minimum atomic E-state index is -0.245. The van der Waals surface area contributed by atoms with Gasteiger partial charge in [0.15, 0.2) is 0 Å². The molecule has 1 amide bonds. The van der Waals surface area contributed by atoms with Crippen molar-refractivity contribution in [2.75, 3.05) is 50.1 Å². The Morgan fingerprint density at radius 2 is 1.96 bits per heavy atom. The van der Waals surface area contributed by atoms with Crippen molar-refractivity contribution in [3.63, 3.8) is 0 Å². The van der Waals surface area contributed by atoms with Crippen LogP contribution in [0.5, 0.6) is 0 Å². The molecule has 25 heavy (non-hydrogen) atoms. The number of anilines is 2. The van der Waals surface area contributed by atoms with Crippen molar-refractivity contribution in [1.82, 2.24) is 14.9 Å². The van der Waals surface area contributed by atoms with Gasteiger partial charge in [-0.15, -0.1) is 0 Å². The summed E-state index contributed by atoms with van der Waals surface area (Å²) in [6.45, 7) is 2.48. The fraction of sp³-hybridized carbons (Fsp3) is 0.706. The van der Waals surface area contributed by atoms with Crippen LogP contribution >= 0.6 is 0 Å². The van der Waals surface area contributed by atoms with Crippen LogP contribution in [-0.4, -0.2) is 77.4 Å². The highest BCUT2D eigenvalue weighted by atomic mass is 16.3. The van der Waals surface area contributed by atoms with Gasteiger partial charge in [-0.3, -0.25) is 4.79 Å². The molecule has 1 saturated heterocycles. The summed E-state index contributed by atoms with van der Waals surface area (Å²) in [6.07, 6.45) is 2.05. The minimum Gasteiger partial charge on any atom is -0.396 e. The Morgan fingerprint density at radius 1 is 1.24 bits per heavy atom. The van der Waals surface area contributed by atoms with E-state index in [9.17, 15) is 9.90 Å². The lowest BCUT2D eigenvalue weighted by Crippen LogP contribution is -2.41. The molecule has 138 valence electrons. The monoisotopic (exact) mass is 349 g/mol. The van der Waals surface area contributed by atoms with Crippen molar-refractivity contribution in [3.8, 4) is 0 Å². The third-order valence-electron chi connectivity index (χ3n) is 4.87. The van der Waals surface area contributed by atoms with Crippen molar-refractivity contribution >= 4 is 17.7 Å². The van der Waals surface area contributed by atoms with Crippen LogP contribution in [0.25, 0.3) is 0 Å². The largest absolute Gasteiger partial charge is 0.396 e. The van der Waals surface area contributed by atoms with E-state index in [2.05, 4.69) is 9.88 Å². The summed E-state index contributed by atoms with van der Waals surface area (Å²) in [5.74, 6) is 1.52. The summed E-state index contributed by atoms with van der Waals surface area (Å²) < 4.78 is 0. The van der Waals surface area contributed by atoms with Crippen LogP contribution in [0.4, 0.5) is 11.8 Å². The zero-order valence-corrected chi connectivity index (χ0v) is 15.0. The van der Waals surface area contributed by atoms with E-state index in [1.165, 1.54) is 0 Å². The molecule has 0 saturated carbocycles. The van der Waals surface area contributed by atoms with Crippen LogP contribution in [0.15, 0.2) is 0 Å². The number of aliphatic hydroxyl groups excluding tert-OH is 2. The first-order valence-corrected chi connectivity index (χ1v) is 8.88. The normalized spacial score (nSPS) is 18.2. The Balaban J connectivity index is 1.93. The lowest BCUT2D eigenvalue weighted by atomic mass is 10.0. The number of hydrogen-bond acceptors (Lipinski definition) is 7. The minimum absolute atomic E-state index is 0.0372. The van der Waals surface area contributed by atoms with Gasteiger partial charge in [0.1, 0.15) is 5.82 Å². The molecule has 0 bridgehead atoms. The SMILES string of the molecule is CN(C)c1nc2c(c(N3CCC(O)CC3)n1)CN(C(=O)CCO)CC2. The first-order valence-electron chi connectivity index (χ1n) is 8.88. The molecule has 2 N–H and O–H groups in total. The fourth-order valence-electron chi connectivity index (χ4n) is 3.39. The van der Waals surface area contributed by atoms with Crippen LogP contribution in [0.3, 0.4) is 0 Å². The molecule has 2 aliphatic heterocycles. The Kier molecular flexibility index (Phi) is 5.39. The molecule has 3 rings (SSSR count). The number of hydrogen-bond donors (Lipinski definition) is 2. The molecular weight excluding hydrogens is 322 g/mol. The molecule has 2 aliphatic rings. The number of carbonyl (C=O) groups is 1. The zero-order chi connectivity index (χ0) is 18.0. The smallest absolute Gasteiger partial charge is 0.227 e. The molecule has 0 aliphatic carbocycles. The number of carbonyl (C=O) groups excluding carboxylic acids is 1. The summed E-state index contributed by atoms with van der Waals surface area (Å²) in [7, 11) is 3.84. The second-order valence-corrected chi connectivity index (χ2v) is 6.92. The highest BCUT2D eigenvalue weighted by Gasteiger charge is 2.29. The van der Waals surface area contributed by atoms with Gasteiger partial charge in [-0.05, 0) is 12.8 Å². The fourth-order valence-corrected chi connectivity index (χ4v) is 3.39. The van der Waals surface area contributed by atoms with Gasteiger partial charge >= 0.3 is 0 Å². The van der Waals surface area contributed by atoms with E-state index in [1.54, 1.807) is 4.90 Å². The highest BCUT2D eigenvalue weighted by Crippen LogP contribution is 2.30. The Hall–Kier alpha value is -1.93. The number of rotatable bonds is 4. The van der Waals surface area contributed by atoms with E-state index in [4.69, 9.17) is 10.1 Å². The molecule has 0 aromatic carbocycles. The van der Waals surface area contributed by atoms with Gasteiger partial charge in [0, 0.05) is 52.1 Å². The van der Waals surface area contributed by atoms with Crippen LogP contribution < -0.4 is 9.80 Å². The second kappa shape index (κ2) is 7.53. The van der Waals surface area contributed by atoms with Crippen LogP contribution in [0, 0.1) is 0 Å². The number of aromatic nitrogens is 2. The van der Waals surface area contributed by atoms with Crippen molar-refractivity contribution < 1.29 is 15.0 Å². The van der Waals surface area contributed by atoms with E-state index < -0.39 is 0 Å². The summed E-state index contributed by atoms with van der Waals surface area (Å²) in [5.41, 5.74) is 1.99. The summed E-state index contributed by atoms with van der Waals surface area (Å²) in [5, 5.41) is 18.8. The lowest BCUT2D eigenvalue weighted by molar-refractivity contribution is -0.132. The van der Waals surface area contributed by atoms with Gasteiger partial charge < -0.3 is 24.9 Å². The first kappa shape index (κ1) is 17.9. The maximum atomic E-state index is 12.2. The number of piperidine rings is 1. The number of fused-ring (bicyclic) bond motifs is 1. The lowest BCUT2D eigenvalue weighted by Gasteiger charge is -2.36. The predicted molar refractivity (Wildman–Crippen MR) is 94.6 cm³/mol. The van der Waals surface area contributed by atoms with E-state index in [-0.39, 0.29) is 25.0 Å². The number of amides is 1. The molecule has 0 spiro atoms. The van der Waals surface area contributed by atoms with Gasteiger partial charge in [-0.1, -0.05) is 0 Å². The molecule has 0 unspecified atom stereocenters. The van der Waals surface area contributed by atoms with E-state index >= 15 is 0 Å². The van der Waals surface area contributed by atoms with Gasteiger partial charge in [0.25, 0.3) is 0 Å². The van der Waals surface area contributed by atoms with Crippen LogP contribution in [0.2, 0.25) is 0 Å². The zero-order valence-electron chi connectivity index (χ0n) is 15.0. The average Bonchev–Trinajstić information content (AvgIpc) is 2.61. The molecule has 0 radical (unpaired) electrons. The quantitative estimate of drug-likeness (QED) is 0.776. The van der Waals surface area contributed by atoms with Crippen LogP contribution in [0.1, 0.15) is 30.5 Å². The van der Waals surface area contributed by atoms with Crippen LogP contribution in [-0.2, 0) is 17.8 Å². The molecule has 1 aromatic rings. The van der Waals surface area contributed by atoms with Crippen molar-refractivity contribution in [3.05, 3.63) is 11.3 Å². The summed E-state index contributed by atoms with van der Waals surface area (Å²) in [6, 6.07) is 0. The topological polar surface area (TPSA) is 93.0 Å². The number of nitrogens with zero attached hydrogens (tertiary/aromatic N) is 5. The molecule has 8 nitrogen and oxygen atoms in total. The Bertz CT molecular complexity index is 629. The van der Waals surface area contributed by atoms with E-state index in [0.29, 0.717) is 25.5 Å². The van der Waals surface area contributed by atoms with Gasteiger partial charge in [0.2, 0.25) is 11.9 Å². The highest BCUT2D eigenvalue weighted by molar-refractivity contribution is 5.77. The molecular formula is C17H27N5O3. The molecule has 3 heterocycles. The van der Waals surface area contributed by atoms with E-state index in [1.807, 2.05) is 19.0 Å². The summed E-state index contributed by atoms with van der Waals surface area (Å²) in [4.78, 5) is 27.5. The first-order chi connectivity index (χ1) is 12.0.